The summed E-state index contributed by atoms with van der Waals surface area (Å²) in [7, 11) is 0. The number of thiazole rings is 1. The van der Waals surface area contributed by atoms with Crippen LogP contribution in [0.25, 0.3) is 0 Å². The number of nitrogens with two attached hydrogens (primary N) is 1. The molecule has 0 aliphatic heterocycles. The van der Waals surface area contributed by atoms with Crippen molar-refractivity contribution >= 4 is 11.3 Å². The van der Waals surface area contributed by atoms with Gasteiger partial charge in [0, 0.05) is 11.1 Å². The summed E-state index contributed by atoms with van der Waals surface area (Å²) in [6.45, 7) is 2.88. The van der Waals surface area contributed by atoms with Crippen LogP contribution in [-0.4, -0.2) is 11.5 Å². The van der Waals surface area contributed by atoms with Crippen molar-refractivity contribution in [2.75, 3.05) is 6.54 Å². The lowest BCUT2D eigenvalue weighted by molar-refractivity contribution is 0.814. The van der Waals surface area contributed by atoms with E-state index in [1.807, 2.05) is 24.5 Å². The Morgan fingerprint density at radius 2 is 2.64 bits per heavy atom. The van der Waals surface area contributed by atoms with Crippen molar-refractivity contribution < 1.29 is 0 Å². The maximum atomic E-state index is 5.55. The van der Waals surface area contributed by atoms with Crippen LogP contribution in [0.5, 0.6) is 0 Å². The van der Waals surface area contributed by atoms with Crippen LogP contribution in [0.2, 0.25) is 0 Å². The minimum Gasteiger partial charge on any atom is -0.330 e. The molecule has 0 amide bonds. The summed E-state index contributed by atoms with van der Waals surface area (Å²) in [6.07, 6.45) is 3.28. The lowest BCUT2D eigenvalue weighted by atomic mass is 10.3. The van der Waals surface area contributed by atoms with Gasteiger partial charge in [0.25, 0.3) is 0 Å². The molecule has 1 aromatic heterocycles. The Morgan fingerprint density at radius 3 is 3.09 bits per heavy atom. The smallest absolute Gasteiger partial charge is 0.0896 e. The summed E-state index contributed by atoms with van der Waals surface area (Å²) in [6, 6.07) is 0. The molecule has 2 N–H and O–H groups in total. The number of aromatic nitrogens is 1. The molecule has 0 radical (unpaired) electrons. The first-order chi connectivity index (χ1) is 5.31. The van der Waals surface area contributed by atoms with E-state index < -0.39 is 0 Å². The number of aryl methyl sites for hydroxylation is 1. The van der Waals surface area contributed by atoms with Gasteiger partial charge in [-0.1, -0.05) is 0 Å². The van der Waals surface area contributed by atoms with Crippen LogP contribution in [0, 0.1) is 12.8 Å². The maximum Gasteiger partial charge on any atom is 0.0896 e. The fraction of sp³-hybridized carbons (Fsp3) is 0.625. The average molecular weight is 168 g/mol. The van der Waals surface area contributed by atoms with Crippen LogP contribution in [-0.2, 0) is 0 Å². The number of rotatable bonds is 2. The molecule has 2 rings (SSSR count). The van der Waals surface area contributed by atoms with Gasteiger partial charge in [-0.2, -0.15) is 0 Å². The highest BCUT2D eigenvalue weighted by molar-refractivity contribution is 7.11. The van der Waals surface area contributed by atoms with Crippen molar-refractivity contribution in [3.8, 4) is 0 Å². The molecular weight excluding hydrogens is 156 g/mol. The second-order valence-corrected chi connectivity index (χ2v) is 4.39. The van der Waals surface area contributed by atoms with Gasteiger partial charge in [-0.3, -0.25) is 0 Å². The van der Waals surface area contributed by atoms with Gasteiger partial charge < -0.3 is 5.73 Å². The van der Waals surface area contributed by atoms with E-state index >= 15 is 0 Å². The van der Waals surface area contributed by atoms with Crippen LogP contribution in [0.15, 0.2) is 6.20 Å². The maximum absolute atomic E-state index is 5.55. The van der Waals surface area contributed by atoms with Gasteiger partial charge >= 0.3 is 0 Å². The van der Waals surface area contributed by atoms with Gasteiger partial charge in [-0.05, 0) is 31.7 Å². The van der Waals surface area contributed by atoms with Crippen molar-refractivity contribution in [2.24, 2.45) is 11.7 Å². The Balaban J connectivity index is 2.08. The molecule has 1 saturated carbocycles. The zero-order valence-corrected chi connectivity index (χ0v) is 7.40. The van der Waals surface area contributed by atoms with Gasteiger partial charge in [-0.15, -0.1) is 11.3 Å². The van der Waals surface area contributed by atoms with E-state index in [2.05, 4.69) is 4.98 Å². The second-order valence-electron chi connectivity index (χ2n) is 3.12. The molecule has 2 unspecified atom stereocenters. The Kier molecular flexibility index (Phi) is 1.69. The normalized spacial score (nSPS) is 28.9. The van der Waals surface area contributed by atoms with E-state index in [1.165, 1.54) is 16.3 Å². The van der Waals surface area contributed by atoms with Crippen LogP contribution < -0.4 is 5.73 Å². The molecule has 3 heteroatoms. The number of hydrogen-bond donors (Lipinski definition) is 1. The molecule has 0 spiro atoms. The molecule has 2 nitrogen and oxygen atoms in total. The number of nitrogens with zero attached hydrogens (tertiary/aromatic N) is 1. The van der Waals surface area contributed by atoms with Crippen LogP contribution in [0.3, 0.4) is 0 Å². The van der Waals surface area contributed by atoms with Crippen molar-refractivity contribution in [3.05, 3.63) is 16.1 Å². The first-order valence-corrected chi connectivity index (χ1v) is 4.75. The van der Waals surface area contributed by atoms with Crippen LogP contribution in [0.4, 0.5) is 0 Å². The second kappa shape index (κ2) is 2.57. The molecule has 0 saturated heterocycles. The average Bonchev–Trinajstić information content (AvgIpc) is 2.68. The Labute approximate surface area is 70.5 Å². The van der Waals surface area contributed by atoms with E-state index in [-0.39, 0.29) is 0 Å². The van der Waals surface area contributed by atoms with Crippen molar-refractivity contribution in [1.82, 2.24) is 4.98 Å². The van der Waals surface area contributed by atoms with E-state index in [0.29, 0.717) is 0 Å². The third-order valence-electron chi connectivity index (χ3n) is 2.23. The van der Waals surface area contributed by atoms with Gasteiger partial charge in [0.05, 0.1) is 5.01 Å². The summed E-state index contributed by atoms with van der Waals surface area (Å²) in [5.41, 5.74) is 5.55. The van der Waals surface area contributed by atoms with E-state index in [0.717, 1.165) is 18.4 Å². The van der Waals surface area contributed by atoms with Crippen molar-refractivity contribution in [3.63, 3.8) is 0 Å². The van der Waals surface area contributed by atoms with Crippen LogP contribution >= 0.6 is 11.3 Å². The predicted molar refractivity (Wildman–Crippen MR) is 46.8 cm³/mol. The molecule has 1 heterocycles. The van der Waals surface area contributed by atoms with Crippen molar-refractivity contribution in [2.45, 2.75) is 19.3 Å². The first-order valence-electron chi connectivity index (χ1n) is 3.93. The fourth-order valence-electron chi connectivity index (χ4n) is 1.41. The molecule has 60 valence electrons. The third kappa shape index (κ3) is 1.30. The molecule has 1 fully saturated rings. The van der Waals surface area contributed by atoms with E-state index in [4.69, 9.17) is 5.73 Å². The summed E-state index contributed by atoms with van der Waals surface area (Å²) in [5, 5.41) is 1.17. The highest BCUT2D eigenvalue weighted by Crippen LogP contribution is 2.48. The first kappa shape index (κ1) is 7.25. The lowest BCUT2D eigenvalue weighted by Gasteiger charge is -1.89. The van der Waals surface area contributed by atoms with Crippen LogP contribution in [0.1, 0.15) is 22.2 Å². The summed E-state index contributed by atoms with van der Waals surface area (Å²) < 4.78 is 0. The summed E-state index contributed by atoms with van der Waals surface area (Å²) in [5.74, 6) is 1.49. The van der Waals surface area contributed by atoms with Gasteiger partial charge in [0.15, 0.2) is 0 Å². The van der Waals surface area contributed by atoms with Gasteiger partial charge in [0.2, 0.25) is 0 Å². The van der Waals surface area contributed by atoms with E-state index in [1.54, 1.807) is 0 Å². The zero-order chi connectivity index (χ0) is 7.84. The topological polar surface area (TPSA) is 38.9 Å². The van der Waals surface area contributed by atoms with Gasteiger partial charge in [0.1, 0.15) is 0 Å². The highest BCUT2D eigenvalue weighted by atomic mass is 32.1. The third-order valence-corrected chi connectivity index (χ3v) is 3.27. The number of hydrogen-bond acceptors (Lipinski definition) is 3. The molecule has 0 aromatic carbocycles. The quantitative estimate of drug-likeness (QED) is 0.727. The molecule has 2 atom stereocenters. The Morgan fingerprint density at radius 1 is 1.82 bits per heavy atom. The minimum atomic E-state index is 0.742. The monoisotopic (exact) mass is 168 g/mol. The standard InChI is InChI=1S/C8H12N2S/c1-5-10-4-8(11-5)7-2-6(7)3-9/h4,6-7H,2-3,9H2,1H3. The Bertz CT molecular complexity index is 256. The molecular formula is C8H12N2S. The van der Waals surface area contributed by atoms with Gasteiger partial charge in [-0.25, -0.2) is 4.98 Å². The molecule has 1 aromatic rings. The predicted octanol–water partition coefficient (Wildman–Crippen LogP) is 1.51. The minimum absolute atomic E-state index is 0.742. The lowest BCUT2D eigenvalue weighted by Crippen LogP contribution is -2.01. The largest absolute Gasteiger partial charge is 0.330 e. The summed E-state index contributed by atoms with van der Waals surface area (Å²) in [4.78, 5) is 5.65. The molecule has 1 aliphatic carbocycles. The fourth-order valence-corrected chi connectivity index (χ4v) is 2.40. The zero-order valence-electron chi connectivity index (χ0n) is 6.58. The summed E-state index contributed by atoms with van der Waals surface area (Å²) >= 11 is 1.81. The van der Waals surface area contributed by atoms with E-state index in [9.17, 15) is 0 Å². The highest BCUT2D eigenvalue weighted by Gasteiger charge is 2.38. The SMILES string of the molecule is Cc1ncc(C2CC2CN)s1. The Hall–Kier alpha value is -0.410. The van der Waals surface area contributed by atoms with Crippen molar-refractivity contribution in [1.29, 1.82) is 0 Å². The molecule has 1 aliphatic rings. The molecule has 0 bridgehead atoms. The molecule has 11 heavy (non-hydrogen) atoms.